The number of halogens is 2. The van der Waals surface area contributed by atoms with Crippen LogP contribution in [-0.4, -0.2) is 25.1 Å². The second kappa shape index (κ2) is 10.2. The van der Waals surface area contributed by atoms with Crippen molar-refractivity contribution in [1.82, 2.24) is 15.8 Å². The lowest BCUT2D eigenvalue weighted by molar-refractivity contribution is -0.119. The molecule has 2 aromatic carbocycles. The fourth-order valence-corrected chi connectivity index (χ4v) is 8.46. The number of carbonyl (C=O) groups is 2. The van der Waals surface area contributed by atoms with Crippen LogP contribution in [0, 0.1) is 11.9 Å². The van der Waals surface area contributed by atoms with Crippen LogP contribution in [0.5, 0.6) is 0 Å². The molecule has 178 valence electrons. The first-order valence-corrected chi connectivity index (χ1v) is 12.6. The number of nitrogens with zero attached hydrogens (tertiary/aromatic N) is 1. The van der Waals surface area contributed by atoms with Crippen LogP contribution in [0.2, 0.25) is 5.04 Å². The van der Waals surface area contributed by atoms with Gasteiger partial charge < -0.3 is 4.43 Å². The number of hydrogen-bond acceptors (Lipinski definition) is 4. The van der Waals surface area contributed by atoms with Gasteiger partial charge in [-0.1, -0.05) is 81.4 Å². The summed E-state index contributed by atoms with van der Waals surface area (Å²) in [5.41, 5.74) is 3.56. The van der Waals surface area contributed by atoms with Crippen LogP contribution < -0.4 is 21.2 Å². The highest BCUT2D eigenvalue weighted by Gasteiger charge is 2.50. The number of aromatic nitrogens is 1. The minimum atomic E-state index is -2.99. The van der Waals surface area contributed by atoms with Crippen molar-refractivity contribution in [3.8, 4) is 0 Å². The second-order valence-corrected chi connectivity index (χ2v) is 13.2. The Balaban J connectivity index is 2.05. The Kier molecular flexibility index (Phi) is 7.58. The van der Waals surface area contributed by atoms with Crippen molar-refractivity contribution in [3.63, 3.8) is 0 Å². The van der Waals surface area contributed by atoms with Gasteiger partial charge in [-0.15, -0.1) is 0 Å². The number of carbonyl (C=O) groups excluding carboxylic acids is 2. The predicted molar refractivity (Wildman–Crippen MR) is 128 cm³/mol. The number of hydrazine groups is 1. The lowest BCUT2D eigenvalue weighted by Gasteiger charge is -2.43. The summed E-state index contributed by atoms with van der Waals surface area (Å²) in [4.78, 5) is 26.6. The summed E-state index contributed by atoms with van der Waals surface area (Å²) in [6.45, 7) is 7.18. The van der Waals surface area contributed by atoms with Gasteiger partial charge in [-0.3, -0.25) is 20.4 Å². The van der Waals surface area contributed by atoms with Crippen LogP contribution in [0.4, 0.5) is 8.78 Å². The normalized spacial score (nSPS) is 11.7. The summed E-state index contributed by atoms with van der Waals surface area (Å²) in [6, 6.07) is 20.6. The van der Waals surface area contributed by atoms with Crippen LogP contribution in [0.15, 0.2) is 66.7 Å². The average molecular weight is 484 g/mol. The van der Waals surface area contributed by atoms with E-state index >= 15 is 0 Å². The van der Waals surface area contributed by atoms with E-state index in [-0.39, 0.29) is 17.2 Å². The monoisotopic (exact) mass is 483 g/mol. The molecular weight excluding hydrogens is 456 g/mol. The summed E-state index contributed by atoms with van der Waals surface area (Å²) >= 11 is 0. The van der Waals surface area contributed by atoms with E-state index in [1.165, 1.54) is 6.92 Å². The van der Waals surface area contributed by atoms with Crippen LogP contribution in [0.25, 0.3) is 0 Å². The van der Waals surface area contributed by atoms with E-state index in [1.807, 2.05) is 60.7 Å². The van der Waals surface area contributed by atoms with Gasteiger partial charge in [-0.25, -0.2) is 0 Å². The lowest BCUT2D eigenvalue weighted by atomic mass is 10.2. The van der Waals surface area contributed by atoms with E-state index in [0.717, 1.165) is 16.4 Å². The third-order valence-corrected chi connectivity index (χ3v) is 10.4. The van der Waals surface area contributed by atoms with E-state index in [2.05, 4.69) is 36.6 Å². The molecule has 0 fully saturated rings. The Morgan fingerprint density at radius 2 is 1.44 bits per heavy atom. The summed E-state index contributed by atoms with van der Waals surface area (Å²) in [5, 5.41) is 1.63. The zero-order valence-corrected chi connectivity index (χ0v) is 20.5. The van der Waals surface area contributed by atoms with Crippen molar-refractivity contribution in [2.45, 2.75) is 39.3 Å². The first-order chi connectivity index (χ1) is 16.1. The molecule has 0 spiro atoms. The molecule has 3 rings (SSSR count). The van der Waals surface area contributed by atoms with Gasteiger partial charge in [-0.05, 0) is 21.5 Å². The number of pyridine rings is 1. The topological polar surface area (TPSA) is 80.3 Å². The third-order valence-electron chi connectivity index (χ3n) is 5.46. The highest BCUT2D eigenvalue weighted by atomic mass is 28.4. The van der Waals surface area contributed by atoms with Crippen LogP contribution in [0.1, 0.15) is 43.6 Å². The molecule has 0 aliphatic rings. The van der Waals surface area contributed by atoms with E-state index in [1.54, 1.807) is 0 Å². The molecule has 9 heteroatoms. The minimum absolute atomic E-state index is 0.0673. The van der Waals surface area contributed by atoms with E-state index in [9.17, 15) is 18.4 Å². The van der Waals surface area contributed by atoms with Crippen molar-refractivity contribution in [1.29, 1.82) is 0 Å². The van der Waals surface area contributed by atoms with Gasteiger partial charge in [0.05, 0.1) is 12.2 Å². The molecule has 6 nitrogen and oxygen atoms in total. The number of amides is 2. The summed E-state index contributed by atoms with van der Waals surface area (Å²) < 4.78 is 35.6. The SMILES string of the molecule is CC(=O)NNC(=O)c1cc(CO[Si](c2ccccc2)(c2ccccc2)C(C)(C)C)c(F)nc1F. The highest BCUT2D eigenvalue weighted by Crippen LogP contribution is 2.37. The predicted octanol–water partition coefficient (Wildman–Crippen LogP) is 3.22. The van der Waals surface area contributed by atoms with E-state index in [4.69, 9.17) is 4.43 Å². The molecule has 0 aliphatic carbocycles. The second-order valence-electron chi connectivity index (χ2n) is 8.86. The van der Waals surface area contributed by atoms with E-state index in [0.29, 0.717) is 0 Å². The molecule has 0 unspecified atom stereocenters. The summed E-state index contributed by atoms with van der Waals surface area (Å²) in [6.07, 6.45) is 0. The Hall–Kier alpha value is -3.43. The van der Waals surface area contributed by atoms with Gasteiger partial charge in [-0.2, -0.15) is 13.8 Å². The molecule has 1 aromatic heterocycles. The van der Waals surface area contributed by atoms with Gasteiger partial charge in [0.2, 0.25) is 17.8 Å². The molecule has 34 heavy (non-hydrogen) atoms. The maximum atomic E-state index is 14.7. The first-order valence-electron chi connectivity index (χ1n) is 10.7. The third kappa shape index (κ3) is 5.21. The molecule has 0 bridgehead atoms. The Morgan fingerprint density at radius 3 is 1.91 bits per heavy atom. The number of hydrogen-bond donors (Lipinski definition) is 2. The summed E-state index contributed by atoms with van der Waals surface area (Å²) in [7, 11) is -2.99. The minimum Gasteiger partial charge on any atom is -0.403 e. The van der Waals surface area contributed by atoms with Gasteiger partial charge in [0, 0.05) is 12.5 Å². The summed E-state index contributed by atoms with van der Waals surface area (Å²) in [5.74, 6) is -3.84. The maximum absolute atomic E-state index is 14.7. The van der Waals surface area contributed by atoms with Crippen LogP contribution in [-0.2, 0) is 15.8 Å². The van der Waals surface area contributed by atoms with E-state index < -0.39 is 37.6 Å². The fraction of sp³-hybridized carbons (Fsp3) is 0.240. The smallest absolute Gasteiger partial charge is 0.274 e. The molecule has 0 saturated carbocycles. The Morgan fingerprint density at radius 1 is 0.912 bits per heavy atom. The molecule has 3 aromatic rings. The van der Waals surface area contributed by atoms with Crippen molar-refractivity contribution in [2.75, 3.05) is 0 Å². The van der Waals surface area contributed by atoms with Gasteiger partial charge in [0.1, 0.15) is 0 Å². The molecule has 0 atom stereocenters. The van der Waals surface area contributed by atoms with Crippen LogP contribution in [0.3, 0.4) is 0 Å². The highest BCUT2D eigenvalue weighted by molar-refractivity contribution is 6.99. The van der Waals surface area contributed by atoms with Crippen molar-refractivity contribution >= 4 is 30.5 Å². The number of nitrogens with one attached hydrogen (secondary N) is 2. The zero-order chi connectivity index (χ0) is 24.9. The molecule has 0 saturated heterocycles. The molecule has 2 amide bonds. The first kappa shape index (κ1) is 25.2. The van der Waals surface area contributed by atoms with Crippen molar-refractivity contribution in [3.05, 3.63) is 89.8 Å². The number of benzene rings is 2. The van der Waals surface area contributed by atoms with Gasteiger partial charge >= 0.3 is 0 Å². The quantitative estimate of drug-likeness (QED) is 0.321. The zero-order valence-electron chi connectivity index (χ0n) is 19.5. The molecule has 0 radical (unpaired) electrons. The Bertz CT molecular complexity index is 1130. The van der Waals surface area contributed by atoms with Gasteiger partial charge in [0.15, 0.2) is 0 Å². The molecule has 1 heterocycles. The molecular formula is C25H27F2N3O3Si. The fourth-order valence-electron chi connectivity index (χ4n) is 3.93. The van der Waals surface area contributed by atoms with Crippen molar-refractivity contribution < 1.29 is 22.8 Å². The standard InChI is InChI=1S/C25H27F2N3O3Si/c1-17(31)29-30-24(32)21-15-18(22(26)28-23(21)27)16-33-34(25(2,3)4,19-11-7-5-8-12-19)20-13-9-6-10-14-20/h5-15H,16H2,1-4H3,(H,29,31)(H,30,32). The Labute approximate surface area is 198 Å². The largest absolute Gasteiger partial charge is 0.403 e. The maximum Gasteiger partial charge on any atom is 0.274 e. The van der Waals surface area contributed by atoms with Crippen LogP contribution >= 0.6 is 0 Å². The lowest BCUT2D eigenvalue weighted by Crippen LogP contribution is -2.66. The van der Waals surface area contributed by atoms with Crippen molar-refractivity contribution in [2.24, 2.45) is 0 Å². The van der Waals surface area contributed by atoms with Gasteiger partial charge in [0.25, 0.3) is 14.2 Å². The number of rotatable bonds is 6. The average Bonchev–Trinajstić information content (AvgIpc) is 2.79. The molecule has 2 N–H and O–H groups in total. The molecule has 0 aliphatic heterocycles.